The molecule has 1 unspecified atom stereocenters. The molecule has 1 aliphatic heterocycles. The number of carbonyl (C=O) groups is 1. The first-order valence-corrected chi connectivity index (χ1v) is 12.8. The van der Waals surface area contributed by atoms with Gasteiger partial charge >= 0.3 is 10.2 Å². The van der Waals surface area contributed by atoms with Gasteiger partial charge in [-0.2, -0.15) is 12.7 Å². The first kappa shape index (κ1) is 22.3. The molecule has 0 aromatic heterocycles. The summed E-state index contributed by atoms with van der Waals surface area (Å²) in [5.74, 6) is -1.16. The molecule has 6 heteroatoms. The monoisotopic (exact) mass is 470 g/mol. The molecule has 4 aromatic carbocycles. The number of nitrogens with zero attached hydrogens (tertiary/aromatic N) is 1. The fraction of sp³-hybridized carbons (Fsp3) is 0.179. The lowest BCUT2D eigenvalue weighted by molar-refractivity contribution is -0.120. The zero-order valence-electron chi connectivity index (χ0n) is 18.7. The Balaban J connectivity index is 1.43. The first-order chi connectivity index (χ1) is 16.5. The topological polar surface area (TPSA) is 66.5 Å². The van der Waals surface area contributed by atoms with Crippen molar-refractivity contribution in [2.24, 2.45) is 0 Å². The number of hydrogen-bond donors (Lipinski definition) is 1. The summed E-state index contributed by atoms with van der Waals surface area (Å²) < 4.78 is 30.1. The Morgan fingerprint density at radius 1 is 0.824 bits per heavy atom. The molecule has 5 nitrogen and oxygen atoms in total. The van der Waals surface area contributed by atoms with Gasteiger partial charge in [-0.15, -0.1) is 0 Å². The number of carbonyl (C=O) groups excluding carboxylic acids is 1. The van der Waals surface area contributed by atoms with Crippen LogP contribution in [0.4, 0.5) is 0 Å². The standard InChI is InChI=1S/C28H26N2O3S/c31-28(29-34(32,33)30-17-16-23-11-5-7-13-26(23)20-30)27(18-21-8-2-1-3-9-21)25-15-14-22-10-4-6-12-24(22)19-25/h1-15,19,27H,16-18,20H2,(H,29,31). The van der Waals surface area contributed by atoms with Crippen molar-refractivity contribution in [3.63, 3.8) is 0 Å². The molecule has 1 amide bonds. The van der Waals surface area contributed by atoms with E-state index in [1.54, 1.807) is 0 Å². The summed E-state index contributed by atoms with van der Waals surface area (Å²) in [4.78, 5) is 13.5. The number of benzene rings is 4. The van der Waals surface area contributed by atoms with E-state index < -0.39 is 22.0 Å². The fourth-order valence-electron chi connectivity index (χ4n) is 4.57. The maximum absolute atomic E-state index is 13.5. The molecule has 1 N–H and O–H groups in total. The first-order valence-electron chi connectivity index (χ1n) is 11.4. The summed E-state index contributed by atoms with van der Waals surface area (Å²) in [7, 11) is -3.98. The van der Waals surface area contributed by atoms with Crippen LogP contribution in [0.5, 0.6) is 0 Å². The Morgan fingerprint density at radius 3 is 2.29 bits per heavy atom. The predicted molar refractivity (Wildman–Crippen MR) is 134 cm³/mol. The highest BCUT2D eigenvalue weighted by molar-refractivity contribution is 7.87. The maximum Gasteiger partial charge on any atom is 0.304 e. The van der Waals surface area contributed by atoms with E-state index in [1.807, 2.05) is 97.1 Å². The van der Waals surface area contributed by atoms with Gasteiger partial charge in [-0.05, 0) is 45.9 Å². The van der Waals surface area contributed by atoms with Crippen LogP contribution in [0.1, 0.15) is 28.2 Å². The summed E-state index contributed by atoms with van der Waals surface area (Å²) in [6, 6.07) is 31.3. The quantitative estimate of drug-likeness (QED) is 0.448. The summed E-state index contributed by atoms with van der Waals surface area (Å²) in [5, 5.41) is 2.09. The lowest BCUT2D eigenvalue weighted by Crippen LogP contribution is -2.47. The van der Waals surface area contributed by atoms with Gasteiger partial charge in [0.05, 0.1) is 5.92 Å². The molecule has 0 saturated heterocycles. The SMILES string of the molecule is O=C(NS(=O)(=O)N1CCc2ccccc2C1)C(Cc1ccccc1)c1ccc2ccccc2c1. The van der Waals surface area contributed by atoms with Gasteiger partial charge in [-0.1, -0.05) is 97.1 Å². The van der Waals surface area contributed by atoms with E-state index in [1.165, 1.54) is 4.31 Å². The summed E-state index contributed by atoms with van der Waals surface area (Å²) in [5.41, 5.74) is 3.89. The van der Waals surface area contributed by atoms with E-state index in [-0.39, 0.29) is 6.54 Å². The third-order valence-corrected chi connectivity index (χ3v) is 7.89. The van der Waals surface area contributed by atoms with Crippen LogP contribution in [-0.2, 0) is 34.4 Å². The summed E-state index contributed by atoms with van der Waals surface area (Å²) >= 11 is 0. The lowest BCUT2D eigenvalue weighted by Gasteiger charge is -2.28. The van der Waals surface area contributed by atoms with Gasteiger partial charge in [0.15, 0.2) is 0 Å². The van der Waals surface area contributed by atoms with Crippen molar-refractivity contribution in [1.82, 2.24) is 9.03 Å². The number of amides is 1. The normalized spacial score (nSPS) is 14.9. The van der Waals surface area contributed by atoms with Gasteiger partial charge in [0.2, 0.25) is 5.91 Å². The molecule has 0 radical (unpaired) electrons. The maximum atomic E-state index is 13.5. The van der Waals surface area contributed by atoms with Crippen molar-refractivity contribution in [2.75, 3.05) is 6.54 Å². The largest absolute Gasteiger partial charge is 0.304 e. The van der Waals surface area contributed by atoms with Crippen molar-refractivity contribution < 1.29 is 13.2 Å². The molecule has 0 bridgehead atoms. The lowest BCUT2D eigenvalue weighted by atomic mass is 9.90. The number of nitrogens with one attached hydrogen (secondary N) is 1. The molecular formula is C28H26N2O3S. The molecule has 1 heterocycles. The van der Waals surface area contributed by atoms with Gasteiger partial charge in [-0.3, -0.25) is 4.79 Å². The molecule has 0 saturated carbocycles. The second-order valence-electron chi connectivity index (χ2n) is 8.67. The van der Waals surface area contributed by atoms with E-state index in [4.69, 9.17) is 0 Å². The Bertz CT molecular complexity index is 1430. The minimum atomic E-state index is -3.98. The fourth-order valence-corrected chi connectivity index (χ4v) is 5.74. The van der Waals surface area contributed by atoms with Gasteiger partial charge in [0, 0.05) is 13.1 Å². The van der Waals surface area contributed by atoms with Crippen molar-refractivity contribution in [3.05, 3.63) is 119 Å². The Morgan fingerprint density at radius 2 is 1.50 bits per heavy atom. The molecular weight excluding hydrogens is 444 g/mol. The van der Waals surface area contributed by atoms with Crippen molar-refractivity contribution in [3.8, 4) is 0 Å². The number of hydrogen-bond acceptors (Lipinski definition) is 3. The van der Waals surface area contributed by atoms with E-state index in [9.17, 15) is 13.2 Å². The molecule has 1 atom stereocenters. The molecule has 0 aliphatic carbocycles. The Hall–Kier alpha value is -3.48. The van der Waals surface area contributed by atoms with Crippen LogP contribution in [-0.4, -0.2) is 25.2 Å². The van der Waals surface area contributed by atoms with E-state index >= 15 is 0 Å². The molecule has 0 fully saturated rings. The highest BCUT2D eigenvalue weighted by Gasteiger charge is 2.31. The molecule has 4 aromatic rings. The van der Waals surface area contributed by atoms with Gasteiger partial charge in [0.1, 0.15) is 0 Å². The van der Waals surface area contributed by atoms with Crippen LogP contribution >= 0.6 is 0 Å². The van der Waals surface area contributed by atoms with Gasteiger partial charge in [0.25, 0.3) is 0 Å². The predicted octanol–water partition coefficient (Wildman–Crippen LogP) is 4.59. The third kappa shape index (κ3) is 4.74. The van der Waals surface area contributed by atoms with Gasteiger partial charge in [-0.25, -0.2) is 4.72 Å². The highest BCUT2D eigenvalue weighted by atomic mass is 32.2. The van der Waals surface area contributed by atoms with Crippen molar-refractivity contribution in [1.29, 1.82) is 0 Å². The minimum absolute atomic E-state index is 0.262. The Kier molecular flexibility index (Phi) is 6.18. The van der Waals surface area contributed by atoms with E-state index in [0.717, 1.165) is 33.0 Å². The molecule has 172 valence electrons. The summed E-state index contributed by atoms with van der Waals surface area (Å²) in [6.45, 7) is 0.608. The van der Waals surface area contributed by atoms with E-state index in [2.05, 4.69) is 4.72 Å². The second kappa shape index (κ2) is 9.41. The zero-order valence-corrected chi connectivity index (χ0v) is 19.5. The van der Waals surface area contributed by atoms with Crippen LogP contribution in [0.2, 0.25) is 0 Å². The van der Waals surface area contributed by atoms with Crippen LogP contribution in [0.15, 0.2) is 97.1 Å². The van der Waals surface area contributed by atoms with Crippen LogP contribution < -0.4 is 4.72 Å². The number of rotatable bonds is 6. The molecule has 5 rings (SSSR count). The van der Waals surface area contributed by atoms with E-state index in [0.29, 0.717) is 19.4 Å². The third-order valence-electron chi connectivity index (χ3n) is 6.44. The smallest absolute Gasteiger partial charge is 0.273 e. The highest BCUT2D eigenvalue weighted by Crippen LogP contribution is 2.27. The van der Waals surface area contributed by atoms with Crippen molar-refractivity contribution >= 4 is 26.9 Å². The van der Waals surface area contributed by atoms with Crippen LogP contribution in [0.25, 0.3) is 10.8 Å². The average molecular weight is 471 g/mol. The second-order valence-corrected chi connectivity index (χ2v) is 10.3. The average Bonchev–Trinajstić information content (AvgIpc) is 2.87. The zero-order chi connectivity index (χ0) is 23.5. The van der Waals surface area contributed by atoms with Crippen molar-refractivity contribution in [2.45, 2.75) is 25.3 Å². The molecule has 0 spiro atoms. The molecule has 1 aliphatic rings. The molecule has 34 heavy (non-hydrogen) atoms. The van der Waals surface area contributed by atoms with Gasteiger partial charge < -0.3 is 0 Å². The van der Waals surface area contributed by atoms with Crippen LogP contribution in [0.3, 0.4) is 0 Å². The summed E-state index contributed by atoms with van der Waals surface area (Å²) in [6.07, 6.45) is 1.03. The Labute approximate surface area is 200 Å². The number of fused-ring (bicyclic) bond motifs is 2. The van der Waals surface area contributed by atoms with Crippen LogP contribution in [0, 0.1) is 0 Å². The minimum Gasteiger partial charge on any atom is -0.273 e.